The summed E-state index contributed by atoms with van der Waals surface area (Å²) < 4.78 is 6.22. The van der Waals surface area contributed by atoms with Crippen molar-refractivity contribution in [2.75, 3.05) is 11.1 Å². The molecule has 24 heavy (non-hydrogen) atoms. The van der Waals surface area contributed by atoms with Crippen molar-refractivity contribution in [3.63, 3.8) is 0 Å². The Balaban J connectivity index is 1.85. The average Bonchev–Trinajstić information content (AvgIpc) is 2.94. The maximum atomic E-state index is 6.22. The molecule has 0 saturated carbocycles. The van der Waals surface area contributed by atoms with Gasteiger partial charge in [0.1, 0.15) is 0 Å². The van der Waals surface area contributed by atoms with Crippen molar-refractivity contribution in [2.45, 2.75) is 25.2 Å². The number of para-hydroxylation sites is 1. The number of nitrogens with one attached hydrogen (secondary N) is 1. The van der Waals surface area contributed by atoms with Crippen molar-refractivity contribution in [1.82, 2.24) is 15.2 Å². The Bertz CT molecular complexity index is 881. The highest BCUT2D eigenvalue weighted by atomic mass is 32.2. The Morgan fingerprint density at radius 3 is 2.92 bits per heavy atom. The second-order valence-electron chi connectivity index (χ2n) is 5.34. The van der Waals surface area contributed by atoms with Crippen LogP contribution in [0.15, 0.2) is 40.9 Å². The van der Waals surface area contributed by atoms with Crippen LogP contribution in [-0.2, 0) is 0 Å². The maximum Gasteiger partial charge on any atom is 0.247 e. The van der Waals surface area contributed by atoms with Gasteiger partial charge in [0.25, 0.3) is 0 Å². The van der Waals surface area contributed by atoms with E-state index in [2.05, 4.69) is 45.8 Å². The molecule has 0 fully saturated rings. The van der Waals surface area contributed by atoms with Crippen LogP contribution >= 0.6 is 23.1 Å². The first-order chi connectivity index (χ1) is 11.8. The van der Waals surface area contributed by atoms with Crippen LogP contribution in [0, 0.1) is 6.92 Å². The minimum atomic E-state index is -0.288. The van der Waals surface area contributed by atoms with Crippen molar-refractivity contribution in [3.05, 3.63) is 46.2 Å². The number of thiophene rings is 1. The van der Waals surface area contributed by atoms with E-state index in [1.165, 1.54) is 5.56 Å². The Hall–Kier alpha value is -2.12. The summed E-state index contributed by atoms with van der Waals surface area (Å²) in [6.45, 7) is 4.15. The van der Waals surface area contributed by atoms with Gasteiger partial charge in [-0.15, -0.1) is 21.5 Å². The van der Waals surface area contributed by atoms with Crippen LogP contribution in [-0.4, -0.2) is 20.9 Å². The van der Waals surface area contributed by atoms with Crippen molar-refractivity contribution in [1.29, 1.82) is 0 Å². The van der Waals surface area contributed by atoms with Gasteiger partial charge in [0, 0.05) is 11.3 Å². The zero-order valence-electron chi connectivity index (χ0n) is 13.3. The number of hydrogen-bond acceptors (Lipinski definition) is 7. The summed E-state index contributed by atoms with van der Waals surface area (Å²) in [5.41, 5.74) is 3.80. The number of aryl methyl sites for hydroxylation is 1. The summed E-state index contributed by atoms with van der Waals surface area (Å²) in [5, 5.41) is 14.8. The smallest absolute Gasteiger partial charge is 0.247 e. The van der Waals surface area contributed by atoms with Gasteiger partial charge in [0.15, 0.2) is 5.69 Å². The first-order valence-corrected chi connectivity index (χ1v) is 9.57. The van der Waals surface area contributed by atoms with Gasteiger partial charge in [-0.05, 0) is 35.8 Å². The molecule has 3 heterocycles. The van der Waals surface area contributed by atoms with Gasteiger partial charge in [-0.2, -0.15) is 4.98 Å². The molecule has 0 bridgehead atoms. The number of aromatic nitrogens is 3. The molecule has 0 radical (unpaired) electrons. The summed E-state index contributed by atoms with van der Waals surface area (Å²) in [7, 11) is 0. The van der Waals surface area contributed by atoms with E-state index < -0.39 is 0 Å². The minimum absolute atomic E-state index is 0.288. The molecule has 0 saturated heterocycles. The van der Waals surface area contributed by atoms with Crippen molar-refractivity contribution in [3.8, 4) is 17.1 Å². The highest BCUT2D eigenvalue weighted by Crippen LogP contribution is 2.40. The first-order valence-electron chi connectivity index (χ1n) is 7.70. The van der Waals surface area contributed by atoms with Crippen LogP contribution in [0.1, 0.15) is 23.6 Å². The van der Waals surface area contributed by atoms with Crippen LogP contribution in [0.5, 0.6) is 5.88 Å². The van der Waals surface area contributed by atoms with Gasteiger partial charge in [0.2, 0.25) is 17.3 Å². The lowest BCUT2D eigenvalue weighted by Crippen LogP contribution is -2.16. The number of thioether (sulfide) groups is 1. The van der Waals surface area contributed by atoms with Gasteiger partial charge in [-0.25, -0.2) is 0 Å². The number of fused-ring (bicyclic) bond motifs is 3. The molecule has 4 rings (SSSR count). The van der Waals surface area contributed by atoms with Crippen LogP contribution in [0.3, 0.4) is 0 Å². The molecule has 3 aromatic rings. The quantitative estimate of drug-likeness (QED) is 0.696. The van der Waals surface area contributed by atoms with Crippen molar-refractivity contribution >= 4 is 28.8 Å². The highest BCUT2D eigenvalue weighted by molar-refractivity contribution is 7.99. The second-order valence-corrected chi connectivity index (χ2v) is 7.52. The number of rotatable bonds is 3. The molecule has 1 aliphatic heterocycles. The van der Waals surface area contributed by atoms with Gasteiger partial charge >= 0.3 is 0 Å². The summed E-state index contributed by atoms with van der Waals surface area (Å²) in [6.07, 6.45) is -0.288. The van der Waals surface area contributed by atoms with E-state index in [-0.39, 0.29) is 6.23 Å². The molecule has 1 unspecified atom stereocenters. The summed E-state index contributed by atoms with van der Waals surface area (Å²) in [6, 6.07) is 10.1. The van der Waals surface area contributed by atoms with E-state index in [0.29, 0.717) is 16.7 Å². The SMILES string of the molecule is CCSc1nnc2c(n1)OC(c1sccc1C)Nc1ccccc1-2. The maximum absolute atomic E-state index is 6.22. The third kappa shape index (κ3) is 2.74. The molecule has 1 N–H and O–H groups in total. The molecular weight excluding hydrogens is 340 g/mol. The molecule has 0 amide bonds. The van der Waals surface area contributed by atoms with Crippen molar-refractivity contribution in [2.24, 2.45) is 0 Å². The predicted molar refractivity (Wildman–Crippen MR) is 97.7 cm³/mol. The molecular formula is C17H16N4OS2. The van der Waals surface area contributed by atoms with Crippen LogP contribution in [0.4, 0.5) is 5.69 Å². The monoisotopic (exact) mass is 356 g/mol. The zero-order chi connectivity index (χ0) is 16.5. The standard InChI is InChI=1S/C17H16N4OS2/c1-3-23-17-19-15-13(20-21-17)11-6-4-5-7-12(11)18-16(22-15)14-10(2)8-9-24-14/h4-9,16,18H,3H2,1-2H3. The lowest BCUT2D eigenvalue weighted by Gasteiger charge is -2.18. The second kappa shape index (κ2) is 6.41. The highest BCUT2D eigenvalue weighted by Gasteiger charge is 2.27. The lowest BCUT2D eigenvalue weighted by atomic mass is 10.1. The van der Waals surface area contributed by atoms with Crippen LogP contribution in [0.2, 0.25) is 0 Å². The largest absolute Gasteiger partial charge is 0.447 e. The topological polar surface area (TPSA) is 59.9 Å². The number of ether oxygens (including phenoxy) is 1. The Labute approximate surface area is 148 Å². The molecule has 7 heteroatoms. The summed E-state index contributed by atoms with van der Waals surface area (Å²) in [4.78, 5) is 5.72. The first kappa shape index (κ1) is 15.4. The van der Waals surface area contributed by atoms with Gasteiger partial charge in [0.05, 0.1) is 4.88 Å². The average molecular weight is 356 g/mol. The Morgan fingerprint density at radius 1 is 1.25 bits per heavy atom. The normalized spacial score (nSPS) is 15.7. The predicted octanol–water partition coefficient (Wildman–Crippen LogP) is 4.52. The van der Waals surface area contributed by atoms with E-state index in [1.807, 2.05) is 24.3 Å². The van der Waals surface area contributed by atoms with Gasteiger partial charge in [-0.3, -0.25) is 0 Å². The number of anilines is 1. The Morgan fingerprint density at radius 2 is 2.12 bits per heavy atom. The van der Waals surface area contributed by atoms with Gasteiger partial charge in [-0.1, -0.05) is 36.9 Å². The molecule has 1 aliphatic rings. The summed E-state index contributed by atoms with van der Waals surface area (Å²) >= 11 is 3.23. The fourth-order valence-corrected chi connectivity index (χ4v) is 4.02. The molecule has 0 spiro atoms. The number of nitrogens with zero attached hydrogens (tertiary/aromatic N) is 3. The third-order valence-electron chi connectivity index (χ3n) is 3.75. The third-order valence-corrected chi connectivity index (χ3v) is 5.53. The summed E-state index contributed by atoms with van der Waals surface area (Å²) in [5.74, 6) is 1.42. The Kier molecular flexibility index (Phi) is 4.12. The number of hydrogen-bond donors (Lipinski definition) is 1. The molecule has 0 aliphatic carbocycles. The fourth-order valence-electron chi connectivity index (χ4n) is 2.61. The van der Waals surface area contributed by atoms with Gasteiger partial charge < -0.3 is 10.1 Å². The van der Waals surface area contributed by atoms with Crippen molar-refractivity contribution < 1.29 is 4.74 Å². The zero-order valence-corrected chi connectivity index (χ0v) is 14.9. The van der Waals surface area contributed by atoms with E-state index in [0.717, 1.165) is 21.9 Å². The molecule has 122 valence electrons. The van der Waals surface area contributed by atoms with E-state index in [4.69, 9.17) is 4.74 Å². The molecule has 1 atom stereocenters. The molecule has 2 aromatic heterocycles. The van der Waals surface area contributed by atoms with E-state index >= 15 is 0 Å². The van der Waals surface area contributed by atoms with Crippen LogP contribution in [0.25, 0.3) is 11.3 Å². The molecule has 1 aromatic carbocycles. The minimum Gasteiger partial charge on any atom is -0.447 e. The number of benzene rings is 1. The van der Waals surface area contributed by atoms with Crippen LogP contribution < -0.4 is 10.1 Å². The molecule has 5 nitrogen and oxygen atoms in total. The van der Waals surface area contributed by atoms with E-state index in [1.54, 1.807) is 23.1 Å². The fraction of sp³-hybridized carbons (Fsp3) is 0.235. The van der Waals surface area contributed by atoms with E-state index in [9.17, 15) is 0 Å². The lowest BCUT2D eigenvalue weighted by molar-refractivity contribution is 0.228.